The van der Waals surface area contributed by atoms with Gasteiger partial charge in [0.1, 0.15) is 10.4 Å². The minimum atomic E-state index is -1.16. The van der Waals surface area contributed by atoms with E-state index in [2.05, 4.69) is 5.32 Å². The molecule has 0 aliphatic heterocycles. The molecule has 1 fully saturated rings. The van der Waals surface area contributed by atoms with Crippen LogP contribution in [0.15, 0.2) is 11.4 Å². The Balaban J connectivity index is 2.24. The molecule has 1 aliphatic rings. The second kappa shape index (κ2) is 5.51. The summed E-state index contributed by atoms with van der Waals surface area (Å²) in [6.45, 7) is 1.88. The van der Waals surface area contributed by atoms with Crippen LogP contribution < -0.4 is 5.32 Å². The van der Waals surface area contributed by atoms with Crippen LogP contribution in [0.3, 0.4) is 0 Å². The second-order valence-corrected chi connectivity index (χ2v) is 6.30. The zero-order valence-corrected chi connectivity index (χ0v) is 12.2. The Morgan fingerprint density at radius 1 is 1.53 bits per heavy atom. The molecule has 2 rings (SSSR count). The van der Waals surface area contributed by atoms with Crippen molar-refractivity contribution >= 4 is 34.8 Å². The summed E-state index contributed by atoms with van der Waals surface area (Å²) in [6.07, 6.45) is 3.10. The Bertz CT molecular complexity index is 502. The van der Waals surface area contributed by atoms with Gasteiger partial charge in [0, 0.05) is 0 Å². The van der Waals surface area contributed by atoms with Gasteiger partial charge < -0.3 is 10.4 Å². The van der Waals surface area contributed by atoms with Crippen molar-refractivity contribution in [2.45, 2.75) is 38.1 Å². The lowest BCUT2D eigenvalue weighted by atomic mass is 9.73. The van der Waals surface area contributed by atoms with Crippen molar-refractivity contribution in [2.24, 2.45) is 5.92 Å². The van der Waals surface area contributed by atoms with E-state index in [-0.39, 0.29) is 5.92 Å². The van der Waals surface area contributed by atoms with Gasteiger partial charge in [-0.05, 0) is 30.2 Å². The number of rotatable bonds is 3. The van der Waals surface area contributed by atoms with E-state index in [0.29, 0.717) is 16.3 Å². The number of hydrogen-bond donors (Lipinski definition) is 2. The maximum atomic E-state index is 12.2. The fourth-order valence-corrected chi connectivity index (χ4v) is 3.66. The predicted molar refractivity (Wildman–Crippen MR) is 74.8 cm³/mol. The summed E-state index contributed by atoms with van der Waals surface area (Å²) < 4.78 is 0. The van der Waals surface area contributed by atoms with E-state index in [1.165, 1.54) is 11.3 Å². The van der Waals surface area contributed by atoms with E-state index in [1.807, 2.05) is 6.92 Å². The highest BCUT2D eigenvalue weighted by Gasteiger charge is 2.46. The van der Waals surface area contributed by atoms with Crippen LogP contribution in [0.1, 0.15) is 42.3 Å². The quantitative estimate of drug-likeness (QED) is 0.901. The van der Waals surface area contributed by atoms with E-state index in [4.69, 9.17) is 11.6 Å². The number of amides is 1. The van der Waals surface area contributed by atoms with Gasteiger partial charge in [0.15, 0.2) is 0 Å². The van der Waals surface area contributed by atoms with Gasteiger partial charge in [-0.25, -0.2) is 4.79 Å². The van der Waals surface area contributed by atoms with Crippen LogP contribution in [0.4, 0.5) is 0 Å². The Hall–Kier alpha value is -1.07. The molecule has 1 aromatic rings. The monoisotopic (exact) mass is 301 g/mol. The Morgan fingerprint density at radius 3 is 2.79 bits per heavy atom. The Morgan fingerprint density at radius 2 is 2.26 bits per heavy atom. The summed E-state index contributed by atoms with van der Waals surface area (Å²) in [7, 11) is 0. The first-order valence-corrected chi connectivity index (χ1v) is 7.52. The topological polar surface area (TPSA) is 66.4 Å². The number of halogens is 1. The highest BCUT2D eigenvalue weighted by molar-refractivity contribution is 7.12. The van der Waals surface area contributed by atoms with Crippen LogP contribution >= 0.6 is 22.9 Å². The van der Waals surface area contributed by atoms with Crippen molar-refractivity contribution in [1.29, 1.82) is 0 Å². The summed E-state index contributed by atoms with van der Waals surface area (Å²) in [4.78, 5) is 24.2. The van der Waals surface area contributed by atoms with Gasteiger partial charge in [-0.15, -0.1) is 11.3 Å². The molecular formula is C13H16ClNO3S. The van der Waals surface area contributed by atoms with E-state index in [1.54, 1.807) is 11.4 Å². The molecule has 0 spiro atoms. The first kappa shape index (κ1) is 14.3. The number of carboxylic acids is 1. The lowest BCUT2D eigenvalue weighted by molar-refractivity contribution is -0.148. The minimum Gasteiger partial charge on any atom is -0.479 e. The van der Waals surface area contributed by atoms with Gasteiger partial charge in [-0.3, -0.25) is 4.79 Å². The van der Waals surface area contributed by atoms with Crippen molar-refractivity contribution in [3.8, 4) is 0 Å². The maximum absolute atomic E-state index is 12.2. The van der Waals surface area contributed by atoms with Crippen molar-refractivity contribution in [3.05, 3.63) is 21.3 Å². The third-order valence-corrected chi connectivity index (χ3v) is 5.18. The summed E-state index contributed by atoms with van der Waals surface area (Å²) in [5, 5.41) is 14.3. The molecule has 1 amide bonds. The molecule has 104 valence electrons. The molecule has 2 unspecified atom stereocenters. The van der Waals surface area contributed by atoms with Gasteiger partial charge in [-0.2, -0.15) is 0 Å². The number of carbonyl (C=O) groups is 2. The van der Waals surface area contributed by atoms with Crippen LogP contribution in [-0.2, 0) is 4.79 Å². The standard InChI is InChI=1S/C13H16ClNO3S/c1-8-4-2-3-6-13(8,12(17)18)15-11(16)10-9(14)5-7-19-10/h5,7-8H,2-4,6H2,1H3,(H,15,16)(H,17,18). The molecule has 0 saturated heterocycles. The molecule has 4 nitrogen and oxygen atoms in total. The molecule has 6 heteroatoms. The summed E-state index contributed by atoms with van der Waals surface area (Å²) >= 11 is 7.14. The van der Waals surface area contributed by atoms with E-state index < -0.39 is 17.4 Å². The molecule has 19 heavy (non-hydrogen) atoms. The minimum absolute atomic E-state index is 0.0820. The summed E-state index contributed by atoms with van der Waals surface area (Å²) in [5.74, 6) is -1.43. The average Bonchev–Trinajstić information content (AvgIpc) is 2.78. The number of aliphatic carboxylic acids is 1. The number of hydrogen-bond acceptors (Lipinski definition) is 3. The first-order chi connectivity index (χ1) is 8.97. The third-order valence-electron chi connectivity index (χ3n) is 3.84. The smallest absolute Gasteiger partial charge is 0.329 e. The van der Waals surface area contributed by atoms with E-state index >= 15 is 0 Å². The predicted octanol–water partition coefficient (Wildman–Crippen LogP) is 3.16. The fraction of sp³-hybridized carbons (Fsp3) is 0.538. The Labute approximate surface area is 120 Å². The Kier molecular flexibility index (Phi) is 4.16. The van der Waals surface area contributed by atoms with Crippen molar-refractivity contribution in [2.75, 3.05) is 0 Å². The largest absolute Gasteiger partial charge is 0.479 e. The first-order valence-electron chi connectivity index (χ1n) is 6.26. The molecule has 2 atom stereocenters. The lowest BCUT2D eigenvalue weighted by Crippen LogP contribution is -2.59. The van der Waals surface area contributed by atoms with Gasteiger partial charge in [-0.1, -0.05) is 31.4 Å². The molecule has 1 aromatic heterocycles. The molecule has 1 saturated carbocycles. The zero-order valence-electron chi connectivity index (χ0n) is 10.6. The third kappa shape index (κ3) is 2.62. The highest BCUT2D eigenvalue weighted by Crippen LogP contribution is 2.35. The van der Waals surface area contributed by atoms with Crippen LogP contribution in [0.25, 0.3) is 0 Å². The van der Waals surface area contributed by atoms with Gasteiger partial charge in [0.05, 0.1) is 5.02 Å². The molecule has 0 bridgehead atoms. The van der Waals surface area contributed by atoms with Crippen LogP contribution in [0.2, 0.25) is 5.02 Å². The average molecular weight is 302 g/mol. The van der Waals surface area contributed by atoms with Crippen molar-refractivity contribution < 1.29 is 14.7 Å². The van der Waals surface area contributed by atoms with Crippen LogP contribution in [0.5, 0.6) is 0 Å². The fourth-order valence-electron chi connectivity index (χ4n) is 2.62. The second-order valence-electron chi connectivity index (χ2n) is 4.98. The van der Waals surface area contributed by atoms with Crippen molar-refractivity contribution in [1.82, 2.24) is 5.32 Å². The van der Waals surface area contributed by atoms with Crippen molar-refractivity contribution in [3.63, 3.8) is 0 Å². The molecule has 1 heterocycles. The molecule has 0 aromatic carbocycles. The molecular weight excluding hydrogens is 286 g/mol. The van der Waals surface area contributed by atoms with Crippen LogP contribution in [0, 0.1) is 5.92 Å². The van der Waals surface area contributed by atoms with E-state index in [9.17, 15) is 14.7 Å². The molecule has 0 radical (unpaired) electrons. The van der Waals surface area contributed by atoms with E-state index in [0.717, 1.165) is 19.3 Å². The highest BCUT2D eigenvalue weighted by atomic mass is 35.5. The molecule has 2 N–H and O–H groups in total. The number of thiophene rings is 1. The summed E-state index contributed by atoms with van der Waals surface area (Å²) in [6, 6.07) is 1.64. The summed E-state index contributed by atoms with van der Waals surface area (Å²) in [5.41, 5.74) is -1.16. The SMILES string of the molecule is CC1CCCCC1(NC(=O)c1sccc1Cl)C(=O)O. The number of carboxylic acid groups (broad SMARTS) is 1. The zero-order chi connectivity index (χ0) is 14.0. The van der Waals surface area contributed by atoms with Crippen LogP contribution in [-0.4, -0.2) is 22.5 Å². The van der Waals surface area contributed by atoms with Gasteiger partial charge >= 0.3 is 5.97 Å². The number of carbonyl (C=O) groups excluding carboxylic acids is 1. The number of nitrogens with one attached hydrogen (secondary N) is 1. The van der Waals surface area contributed by atoms with Gasteiger partial charge in [0.25, 0.3) is 5.91 Å². The molecule has 1 aliphatic carbocycles. The lowest BCUT2D eigenvalue weighted by Gasteiger charge is -2.39. The van der Waals surface area contributed by atoms with Gasteiger partial charge in [0.2, 0.25) is 0 Å². The normalized spacial score (nSPS) is 26.9. The maximum Gasteiger partial charge on any atom is 0.329 e.